The van der Waals surface area contributed by atoms with Gasteiger partial charge in [-0.15, -0.1) is 22.0 Å². The molecule has 0 saturated carbocycles. The van der Waals surface area contributed by atoms with Gasteiger partial charge < -0.3 is 0 Å². The average Bonchev–Trinajstić information content (AvgIpc) is 2.89. The van der Waals surface area contributed by atoms with Gasteiger partial charge in [0.2, 0.25) is 11.0 Å². The number of amides is 1. The summed E-state index contributed by atoms with van der Waals surface area (Å²) >= 11 is 4.44. The Kier molecular flexibility index (Phi) is 5.45. The molecule has 0 aliphatic heterocycles. The molecule has 1 atom stereocenters. The zero-order chi connectivity index (χ0) is 14.5. The Morgan fingerprint density at radius 1 is 1.30 bits per heavy atom. The maximum Gasteiger partial charge on any atom is 0.239 e. The number of anilines is 1. The summed E-state index contributed by atoms with van der Waals surface area (Å²) in [5.74, 6) is -0.0561. The maximum absolute atomic E-state index is 12.1. The van der Waals surface area contributed by atoms with Gasteiger partial charge in [-0.05, 0) is 32.2 Å². The number of nitrogens with one attached hydrogen (secondary N) is 1. The summed E-state index contributed by atoms with van der Waals surface area (Å²) < 4.78 is 0.846. The van der Waals surface area contributed by atoms with E-state index in [-0.39, 0.29) is 11.2 Å². The minimum Gasteiger partial charge on any atom is -0.300 e. The molecule has 0 radical (unpaired) electrons. The highest BCUT2D eigenvalue weighted by molar-refractivity contribution is 8.00. The lowest BCUT2D eigenvalue weighted by molar-refractivity contribution is -0.115. The van der Waals surface area contributed by atoms with Crippen molar-refractivity contribution in [3.63, 3.8) is 0 Å². The summed E-state index contributed by atoms with van der Waals surface area (Å²) in [6.45, 7) is 3.93. The van der Waals surface area contributed by atoms with Gasteiger partial charge in [0, 0.05) is 4.90 Å². The van der Waals surface area contributed by atoms with Crippen LogP contribution in [0.25, 0.3) is 0 Å². The minimum atomic E-state index is -0.181. The molecule has 4 nitrogen and oxygen atoms in total. The van der Waals surface area contributed by atoms with Crippen LogP contribution in [-0.2, 0) is 4.79 Å². The molecule has 20 heavy (non-hydrogen) atoms. The molecule has 7 heteroatoms. The first-order valence-electron chi connectivity index (χ1n) is 6.00. The fourth-order valence-electron chi connectivity index (χ4n) is 1.42. The van der Waals surface area contributed by atoms with Gasteiger partial charge in [0.25, 0.3) is 0 Å². The van der Waals surface area contributed by atoms with Crippen molar-refractivity contribution in [3.8, 4) is 0 Å². The predicted molar refractivity (Wildman–Crippen MR) is 86.8 cm³/mol. The first-order valence-corrected chi connectivity index (χ1v) is 8.92. The molecule has 1 heterocycles. The second kappa shape index (κ2) is 7.10. The SMILES string of the molecule is CSc1nnc(NC(=O)[C@H](C)Sc2ccc(C)cc2)s1. The third-order valence-electron chi connectivity index (χ3n) is 2.51. The largest absolute Gasteiger partial charge is 0.300 e. The standard InChI is InChI=1S/C13H15N3OS3/c1-8-4-6-10(7-5-8)19-9(2)11(17)14-12-15-16-13(18-3)20-12/h4-7,9H,1-3H3,(H,14,15,17)/t9-/m0/s1. The number of hydrogen-bond donors (Lipinski definition) is 1. The van der Waals surface area contributed by atoms with Crippen LogP contribution < -0.4 is 5.32 Å². The van der Waals surface area contributed by atoms with E-state index in [1.165, 1.54) is 40.4 Å². The molecule has 0 aliphatic carbocycles. The summed E-state index contributed by atoms with van der Waals surface area (Å²) in [7, 11) is 0. The van der Waals surface area contributed by atoms with E-state index in [0.717, 1.165) is 9.24 Å². The van der Waals surface area contributed by atoms with Crippen LogP contribution in [0, 0.1) is 6.92 Å². The molecule has 0 spiro atoms. The van der Waals surface area contributed by atoms with Crippen LogP contribution in [0.5, 0.6) is 0 Å². The van der Waals surface area contributed by atoms with Crippen molar-refractivity contribution in [2.75, 3.05) is 11.6 Å². The van der Waals surface area contributed by atoms with Gasteiger partial charge in [-0.1, -0.05) is 40.8 Å². The second-order valence-electron chi connectivity index (χ2n) is 4.14. The van der Waals surface area contributed by atoms with Gasteiger partial charge >= 0.3 is 0 Å². The summed E-state index contributed by atoms with van der Waals surface area (Å²) in [5, 5.41) is 11.1. The van der Waals surface area contributed by atoms with Gasteiger partial charge in [0.1, 0.15) is 0 Å². The normalized spacial score (nSPS) is 12.2. The number of benzene rings is 1. The van der Waals surface area contributed by atoms with E-state index in [9.17, 15) is 4.79 Å². The molecular weight excluding hydrogens is 310 g/mol. The lowest BCUT2D eigenvalue weighted by Gasteiger charge is -2.10. The van der Waals surface area contributed by atoms with Crippen molar-refractivity contribution in [2.45, 2.75) is 28.3 Å². The van der Waals surface area contributed by atoms with Crippen LogP contribution in [-0.4, -0.2) is 27.6 Å². The third-order valence-corrected chi connectivity index (χ3v) is 5.44. The number of hydrogen-bond acceptors (Lipinski definition) is 6. The van der Waals surface area contributed by atoms with E-state index in [1.54, 1.807) is 0 Å². The van der Waals surface area contributed by atoms with Crippen molar-refractivity contribution in [2.24, 2.45) is 0 Å². The molecule has 2 aromatic rings. The number of nitrogens with zero attached hydrogens (tertiary/aromatic N) is 2. The fraction of sp³-hybridized carbons (Fsp3) is 0.308. The molecule has 0 bridgehead atoms. The van der Waals surface area contributed by atoms with E-state index in [4.69, 9.17) is 0 Å². The molecule has 1 aromatic carbocycles. The van der Waals surface area contributed by atoms with E-state index < -0.39 is 0 Å². The Bertz CT molecular complexity index is 583. The topological polar surface area (TPSA) is 54.9 Å². The Morgan fingerprint density at radius 2 is 2.00 bits per heavy atom. The molecule has 0 unspecified atom stereocenters. The van der Waals surface area contributed by atoms with Gasteiger partial charge in [-0.3, -0.25) is 10.1 Å². The lowest BCUT2D eigenvalue weighted by atomic mass is 10.2. The number of carbonyl (C=O) groups excluding carboxylic acids is 1. The summed E-state index contributed by atoms with van der Waals surface area (Å²) in [5.41, 5.74) is 1.21. The fourth-order valence-corrected chi connectivity index (χ4v) is 3.46. The Balaban J connectivity index is 1.93. The molecule has 1 amide bonds. The number of aromatic nitrogens is 2. The quantitative estimate of drug-likeness (QED) is 0.671. The Hall–Kier alpha value is -1.05. The van der Waals surface area contributed by atoms with Crippen LogP contribution in [0.2, 0.25) is 0 Å². The number of carbonyl (C=O) groups is 1. The molecule has 0 aliphatic rings. The van der Waals surface area contributed by atoms with Gasteiger partial charge in [-0.25, -0.2) is 0 Å². The Morgan fingerprint density at radius 3 is 2.60 bits per heavy atom. The molecule has 1 N–H and O–H groups in total. The molecule has 0 fully saturated rings. The van der Waals surface area contributed by atoms with Gasteiger partial charge in [0.05, 0.1) is 5.25 Å². The highest BCUT2D eigenvalue weighted by atomic mass is 32.2. The zero-order valence-corrected chi connectivity index (χ0v) is 13.9. The molecule has 106 valence electrons. The second-order valence-corrected chi connectivity index (χ2v) is 7.58. The smallest absolute Gasteiger partial charge is 0.239 e. The van der Waals surface area contributed by atoms with E-state index in [0.29, 0.717) is 5.13 Å². The van der Waals surface area contributed by atoms with Crippen molar-refractivity contribution < 1.29 is 4.79 Å². The number of thioether (sulfide) groups is 2. The van der Waals surface area contributed by atoms with Crippen LogP contribution in [0.3, 0.4) is 0 Å². The van der Waals surface area contributed by atoms with Crippen molar-refractivity contribution in [1.82, 2.24) is 10.2 Å². The van der Waals surface area contributed by atoms with Crippen LogP contribution in [0.15, 0.2) is 33.5 Å². The first-order chi connectivity index (χ1) is 9.58. The van der Waals surface area contributed by atoms with Crippen molar-refractivity contribution in [1.29, 1.82) is 0 Å². The number of aryl methyl sites for hydroxylation is 1. The van der Waals surface area contributed by atoms with Gasteiger partial charge in [0.15, 0.2) is 4.34 Å². The van der Waals surface area contributed by atoms with E-state index in [1.807, 2.05) is 44.4 Å². The Labute approximate surface area is 130 Å². The number of rotatable bonds is 5. The zero-order valence-electron chi connectivity index (χ0n) is 11.4. The van der Waals surface area contributed by atoms with Crippen LogP contribution in [0.4, 0.5) is 5.13 Å². The highest BCUT2D eigenvalue weighted by Gasteiger charge is 2.16. The molecule has 2 rings (SSSR count). The van der Waals surface area contributed by atoms with Crippen molar-refractivity contribution >= 4 is 45.9 Å². The summed E-state index contributed by atoms with van der Waals surface area (Å²) in [6, 6.07) is 8.14. The molecule has 0 saturated heterocycles. The predicted octanol–water partition coefficient (Wildman–Crippen LogP) is 3.69. The monoisotopic (exact) mass is 325 g/mol. The van der Waals surface area contributed by atoms with E-state index >= 15 is 0 Å². The van der Waals surface area contributed by atoms with E-state index in [2.05, 4.69) is 15.5 Å². The third kappa shape index (κ3) is 4.22. The minimum absolute atomic E-state index is 0.0561. The molecular formula is C13H15N3OS3. The summed E-state index contributed by atoms with van der Waals surface area (Å²) in [4.78, 5) is 13.2. The van der Waals surface area contributed by atoms with Crippen LogP contribution >= 0.6 is 34.9 Å². The average molecular weight is 325 g/mol. The highest BCUT2D eigenvalue weighted by Crippen LogP contribution is 2.26. The molecule has 1 aromatic heterocycles. The summed E-state index contributed by atoms with van der Waals surface area (Å²) in [6.07, 6.45) is 1.93. The van der Waals surface area contributed by atoms with Gasteiger partial charge in [-0.2, -0.15) is 0 Å². The maximum atomic E-state index is 12.1. The lowest BCUT2D eigenvalue weighted by Crippen LogP contribution is -2.22. The van der Waals surface area contributed by atoms with Crippen LogP contribution in [0.1, 0.15) is 12.5 Å². The van der Waals surface area contributed by atoms with Crippen molar-refractivity contribution in [3.05, 3.63) is 29.8 Å². The first kappa shape index (κ1) is 15.3.